The molecule has 44 heavy (non-hydrogen) atoms. The summed E-state index contributed by atoms with van der Waals surface area (Å²) in [5.41, 5.74) is 6.56. The maximum Gasteiger partial charge on any atom is 0.303 e. The van der Waals surface area contributed by atoms with Gasteiger partial charge in [-0.05, 0) is 68.4 Å². The fraction of sp³-hybridized carbons (Fsp3) is 0.515. The Kier molecular flexibility index (Phi) is 8.13. The molecule has 2 fully saturated rings. The molecule has 11 nitrogen and oxygen atoms in total. The molecule has 0 unspecified atom stereocenters. The standard InChI is InChI=1S/C33H43N5O6/c1-7-20-18(5)30(43)36-26(20)14-25-19(6)32(12-11-29(41)42)33(37-25,38-32)15-27-22(9-10-28(39)40)17(4)23(34-27)13-24-16(3)21(8-2)31(44)35-24/h8,14,18,20,24,34,37-38H,2,7,9-13,15H2,1,3-6H3,(H,35,44)(H,36,43)(H,39,40)(H,41,42)/b26-14-/t18-,20-,24-,32+,33+/m1/s1. The van der Waals surface area contributed by atoms with Crippen molar-refractivity contribution in [1.82, 2.24) is 26.3 Å². The third kappa shape index (κ3) is 5.16. The summed E-state index contributed by atoms with van der Waals surface area (Å²) in [7, 11) is 0. The van der Waals surface area contributed by atoms with Crippen LogP contribution in [0.3, 0.4) is 0 Å². The molecule has 0 aromatic carbocycles. The lowest BCUT2D eigenvalue weighted by molar-refractivity contribution is -0.138. The van der Waals surface area contributed by atoms with E-state index in [1.165, 1.54) is 0 Å². The smallest absolute Gasteiger partial charge is 0.303 e. The number of carbonyl (C=O) groups excluding carboxylic acids is 2. The molecule has 11 heteroatoms. The van der Waals surface area contributed by atoms with Gasteiger partial charge in [0.2, 0.25) is 5.91 Å². The van der Waals surface area contributed by atoms with Gasteiger partial charge in [-0.15, -0.1) is 0 Å². The molecule has 1 aromatic heterocycles. The summed E-state index contributed by atoms with van der Waals surface area (Å²) in [6, 6.07) is -0.206. The van der Waals surface area contributed by atoms with Crippen LogP contribution in [-0.4, -0.2) is 56.2 Å². The minimum atomic E-state index is -0.891. The molecule has 4 aliphatic rings. The Labute approximate surface area is 257 Å². The van der Waals surface area contributed by atoms with E-state index in [1.54, 1.807) is 6.08 Å². The Bertz CT molecular complexity index is 1550. The highest BCUT2D eigenvalue weighted by molar-refractivity contribution is 6.00. The normalized spacial score (nSPS) is 30.0. The van der Waals surface area contributed by atoms with E-state index >= 15 is 0 Å². The molecule has 7 N–H and O–H groups in total. The van der Waals surface area contributed by atoms with Crippen LogP contribution < -0.4 is 21.3 Å². The van der Waals surface area contributed by atoms with E-state index in [1.807, 2.05) is 33.8 Å². The minimum absolute atomic E-state index is 0.000791. The Balaban J connectivity index is 1.49. The van der Waals surface area contributed by atoms with E-state index in [0.717, 1.165) is 51.5 Å². The van der Waals surface area contributed by atoms with Gasteiger partial charge in [0.05, 0.1) is 11.6 Å². The number of amides is 2. The Morgan fingerprint density at radius 1 is 1.07 bits per heavy atom. The van der Waals surface area contributed by atoms with Gasteiger partial charge in [0.25, 0.3) is 5.91 Å². The van der Waals surface area contributed by atoms with E-state index < -0.39 is 23.1 Å². The number of aliphatic carboxylic acids is 2. The molecule has 5 heterocycles. The predicted octanol–water partition coefficient (Wildman–Crippen LogP) is 2.88. The molecule has 0 spiro atoms. The summed E-state index contributed by atoms with van der Waals surface area (Å²) < 4.78 is 0. The monoisotopic (exact) mass is 605 g/mol. The summed E-state index contributed by atoms with van der Waals surface area (Å²) in [5.74, 6) is -1.98. The van der Waals surface area contributed by atoms with Crippen LogP contribution in [-0.2, 0) is 38.4 Å². The number of fused-ring (bicyclic) bond motifs is 1. The SMILES string of the molecule is C=CC1=C(C)[C@@H](Cc2[nH]c(C[C@@]34NC(/C=C5\NC(=O)[C@H](C)[C@H]5CC)=C(C)[C@]3(CCC(=O)O)N4)c(CCC(=O)O)c2C)NC1=O. The van der Waals surface area contributed by atoms with Crippen LogP contribution in [0.5, 0.6) is 0 Å². The fourth-order valence-corrected chi connectivity index (χ4v) is 7.58. The van der Waals surface area contributed by atoms with Crippen molar-refractivity contribution in [2.24, 2.45) is 11.8 Å². The van der Waals surface area contributed by atoms with Gasteiger partial charge in [0.15, 0.2) is 0 Å². The summed E-state index contributed by atoms with van der Waals surface area (Å²) in [4.78, 5) is 51.8. The van der Waals surface area contributed by atoms with E-state index in [9.17, 15) is 29.4 Å². The molecule has 0 saturated carbocycles. The third-order valence-corrected chi connectivity index (χ3v) is 10.3. The Morgan fingerprint density at radius 3 is 2.39 bits per heavy atom. The number of hydrogen-bond acceptors (Lipinski definition) is 6. The van der Waals surface area contributed by atoms with E-state index in [2.05, 4.69) is 39.8 Å². The van der Waals surface area contributed by atoms with Gasteiger partial charge in [-0.25, -0.2) is 0 Å². The van der Waals surface area contributed by atoms with Gasteiger partial charge >= 0.3 is 11.9 Å². The lowest BCUT2D eigenvalue weighted by Crippen LogP contribution is -2.38. The Hall–Kier alpha value is -4.12. The van der Waals surface area contributed by atoms with Crippen molar-refractivity contribution in [2.75, 3.05) is 0 Å². The first-order valence-corrected chi connectivity index (χ1v) is 15.4. The maximum atomic E-state index is 12.5. The van der Waals surface area contributed by atoms with Crippen LogP contribution >= 0.6 is 0 Å². The first-order chi connectivity index (χ1) is 20.8. The van der Waals surface area contributed by atoms with E-state index in [-0.39, 0.29) is 42.5 Å². The molecule has 2 amide bonds. The van der Waals surface area contributed by atoms with Crippen molar-refractivity contribution >= 4 is 23.8 Å². The number of carbonyl (C=O) groups is 4. The van der Waals surface area contributed by atoms with Crippen LogP contribution in [0.1, 0.15) is 75.9 Å². The summed E-state index contributed by atoms with van der Waals surface area (Å²) >= 11 is 0. The molecular weight excluding hydrogens is 562 g/mol. The van der Waals surface area contributed by atoms with Gasteiger partial charge in [0.1, 0.15) is 5.66 Å². The fourth-order valence-electron chi connectivity index (χ4n) is 7.58. The zero-order valence-corrected chi connectivity index (χ0v) is 26.1. The third-order valence-electron chi connectivity index (χ3n) is 10.3. The quantitative estimate of drug-likeness (QED) is 0.168. The summed E-state index contributed by atoms with van der Waals surface area (Å²) in [5, 5.41) is 32.4. The van der Waals surface area contributed by atoms with Crippen molar-refractivity contribution in [3.63, 3.8) is 0 Å². The topological polar surface area (TPSA) is 183 Å². The van der Waals surface area contributed by atoms with Crippen molar-refractivity contribution in [1.29, 1.82) is 0 Å². The van der Waals surface area contributed by atoms with E-state index in [0.29, 0.717) is 31.3 Å². The second kappa shape index (κ2) is 11.4. The number of allylic oxidation sites excluding steroid dienone is 2. The molecular formula is C33H43N5O6. The molecule has 236 valence electrons. The van der Waals surface area contributed by atoms with Gasteiger partial charge in [-0.1, -0.05) is 26.5 Å². The molecule has 0 radical (unpaired) electrons. The molecule has 4 aliphatic heterocycles. The van der Waals surface area contributed by atoms with Gasteiger partial charge in [-0.3, -0.25) is 24.5 Å². The van der Waals surface area contributed by atoms with Crippen molar-refractivity contribution < 1.29 is 29.4 Å². The highest BCUT2D eigenvalue weighted by Gasteiger charge is 2.71. The molecule has 2 saturated heterocycles. The summed E-state index contributed by atoms with van der Waals surface area (Å²) in [6.45, 7) is 13.6. The van der Waals surface area contributed by atoms with Gasteiger partial charge in [-0.2, -0.15) is 0 Å². The summed E-state index contributed by atoms with van der Waals surface area (Å²) in [6.07, 6.45) is 5.99. The van der Waals surface area contributed by atoms with Crippen LogP contribution in [0.15, 0.2) is 46.8 Å². The van der Waals surface area contributed by atoms with Crippen molar-refractivity contribution in [3.05, 3.63) is 69.4 Å². The number of aromatic nitrogens is 1. The average Bonchev–Trinajstić information content (AvgIpc) is 3.05. The molecule has 5 atom stereocenters. The highest BCUT2D eigenvalue weighted by atomic mass is 16.4. The number of rotatable bonds is 13. The first-order valence-electron chi connectivity index (χ1n) is 15.4. The van der Waals surface area contributed by atoms with Gasteiger partial charge < -0.3 is 31.1 Å². The number of hydrogen-bond donors (Lipinski definition) is 7. The van der Waals surface area contributed by atoms with E-state index in [4.69, 9.17) is 0 Å². The number of aromatic amines is 1. The number of carboxylic acid groups (broad SMARTS) is 2. The molecule has 5 rings (SSSR count). The first kappa shape index (κ1) is 31.3. The number of carboxylic acids is 2. The van der Waals surface area contributed by atoms with Crippen LogP contribution in [0, 0.1) is 18.8 Å². The zero-order valence-electron chi connectivity index (χ0n) is 26.1. The second-order valence-corrected chi connectivity index (χ2v) is 12.7. The second-order valence-electron chi connectivity index (χ2n) is 12.7. The Morgan fingerprint density at radius 2 is 1.77 bits per heavy atom. The zero-order chi connectivity index (χ0) is 32.1. The number of H-pyrrole nitrogens is 1. The van der Waals surface area contributed by atoms with Crippen molar-refractivity contribution in [3.8, 4) is 0 Å². The highest BCUT2D eigenvalue weighted by Crippen LogP contribution is 2.54. The van der Waals surface area contributed by atoms with Crippen LogP contribution in [0.25, 0.3) is 0 Å². The minimum Gasteiger partial charge on any atom is -0.481 e. The van der Waals surface area contributed by atoms with Crippen LogP contribution in [0.2, 0.25) is 0 Å². The predicted molar refractivity (Wildman–Crippen MR) is 164 cm³/mol. The average molecular weight is 606 g/mol. The maximum absolute atomic E-state index is 12.5. The lowest BCUT2D eigenvalue weighted by atomic mass is 9.86. The molecule has 0 bridgehead atoms. The van der Waals surface area contributed by atoms with Crippen molar-refractivity contribution in [2.45, 2.75) is 96.8 Å². The largest absolute Gasteiger partial charge is 0.481 e. The lowest BCUT2D eigenvalue weighted by Gasteiger charge is -2.18. The molecule has 1 aromatic rings. The molecule has 0 aliphatic carbocycles. The van der Waals surface area contributed by atoms with Gasteiger partial charge in [0, 0.05) is 65.9 Å². The number of nitrogens with one attached hydrogen (secondary N) is 5. The van der Waals surface area contributed by atoms with Crippen LogP contribution in [0.4, 0.5) is 0 Å².